The Morgan fingerprint density at radius 3 is 2.41 bits per heavy atom. The molecule has 0 unspecified atom stereocenters. The van der Waals surface area contributed by atoms with Crippen molar-refractivity contribution in [2.75, 3.05) is 13.2 Å². The lowest BCUT2D eigenvalue weighted by Gasteiger charge is -2.14. The second-order valence-electron chi connectivity index (χ2n) is 6.29. The molecule has 0 aliphatic rings. The summed E-state index contributed by atoms with van der Waals surface area (Å²) in [6.45, 7) is 2.21. The van der Waals surface area contributed by atoms with E-state index in [0.29, 0.717) is 11.3 Å². The van der Waals surface area contributed by atoms with Crippen LogP contribution in [0.3, 0.4) is 0 Å². The van der Waals surface area contributed by atoms with Crippen LogP contribution in [0.25, 0.3) is 10.8 Å². The van der Waals surface area contributed by atoms with Crippen LogP contribution in [0.1, 0.15) is 21.5 Å². The summed E-state index contributed by atoms with van der Waals surface area (Å²) in [5.74, 6) is -0.688. The Labute approximate surface area is 167 Å². The Balaban J connectivity index is 1.59. The molecule has 0 aliphatic carbocycles. The van der Waals surface area contributed by atoms with E-state index >= 15 is 0 Å². The maximum atomic E-state index is 12.4. The van der Waals surface area contributed by atoms with Crippen molar-refractivity contribution >= 4 is 22.8 Å². The molecular formula is C22H20FNO5. The molecule has 0 radical (unpaired) electrons. The number of halogens is 1. The smallest absolute Gasteiger partial charge is 0.407 e. The first-order valence-electron chi connectivity index (χ1n) is 9.02. The minimum absolute atomic E-state index is 0.0800. The molecule has 0 aliphatic heterocycles. The SMILES string of the molecule is Cc1c(C(=O)OF)cc(OCCNC(=O)OCc2ccccc2)c2ccccc12. The summed E-state index contributed by atoms with van der Waals surface area (Å²) in [5, 5.41) is 4.11. The molecule has 0 bridgehead atoms. The Morgan fingerprint density at radius 2 is 1.69 bits per heavy atom. The molecule has 0 fully saturated rings. The van der Waals surface area contributed by atoms with Crippen molar-refractivity contribution in [1.82, 2.24) is 5.32 Å². The number of hydrogen-bond donors (Lipinski definition) is 1. The minimum Gasteiger partial charge on any atom is -0.491 e. The molecule has 150 valence electrons. The monoisotopic (exact) mass is 397 g/mol. The van der Waals surface area contributed by atoms with Gasteiger partial charge in [0.15, 0.2) is 0 Å². The van der Waals surface area contributed by atoms with Crippen molar-refractivity contribution in [2.24, 2.45) is 0 Å². The maximum Gasteiger partial charge on any atom is 0.407 e. The van der Waals surface area contributed by atoms with Crippen LogP contribution in [0.4, 0.5) is 9.32 Å². The number of fused-ring (bicyclic) bond motifs is 1. The van der Waals surface area contributed by atoms with Gasteiger partial charge in [-0.25, -0.2) is 14.5 Å². The highest BCUT2D eigenvalue weighted by atomic mass is 19.3. The molecule has 0 heterocycles. The average Bonchev–Trinajstić information content (AvgIpc) is 2.77. The summed E-state index contributed by atoms with van der Waals surface area (Å²) in [6, 6.07) is 18.1. The van der Waals surface area contributed by atoms with E-state index < -0.39 is 12.1 Å². The molecule has 3 aromatic rings. The van der Waals surface area contributed by atoms with E-state index in [0.717, 1.165) is 16.3 Å². The molecule has 0 aromatic heterocycles. The lowest BCUT2D eigenvalue weighted by Crippen LogP contribution is -2.28. The number of rotatable bonds is 7. The highest BCUT2D eigenvalue weighted by molar-refractivity contribution is 6.01. The molecule has 1 amide bonds. The van der Waals surface area contributed by atoms with Gasteiger partial charge in [-0.3, -0.25) is 0 Å². The van der Waals surface area contributed by atoms with E-state index in [-0.39, 0.29) is 25.3 Å². The normalized spacial score (nSPS) is 10.4. The largest absolute Gasteiger partial charge is 0.491 e. The number of ether oxygens (including phenoxy) is 2. The van der Waals surface area contributed by atoms with E-state index in [2.05, 4.69) is 10.3 Å². The molecule has 6 nitrogen and oxygen atoms in total. The first-order valence-corrected chi connectivity index (χ1v) is 9.02. The van der Waals surface area contributed by atoms with Crippen molar-refractivity contribution in [3.05, 3.63) is 77.4 Å². The lowest BCUT2D eigenvalue weighted by molar-refractivity contribution is -0.0788. The third-order valence-electron chi connectivity index (χ3n) is 4.41. The van der Waals surface area contributed by atoms with Crippen LogP contribution in [0.2, 0.25) is 0 Å². The van der Waals surface area contributed by atoms with Crippen LogP contribution >= 0.6 is 0 Å². The first kappa shape index (κ1) is 20.1. The van der Waals surface area contributed by atoms with Gasteiger partial charge in [0.05, 0.1) is 12.1 Å². The van der Waals surface area contributed by atoms with Crippen LogP contribution in [-0.2, 0) is 16.3 Å². The quantitative estimate of drug-likeness (QED) is 0.595. The number of benzene rings is 3. The highest BCUT2D eigenvalue weighted by Crippen LogP contribution is 2.31. The van der Waals surface area contributed by atoms with Crippen LogP contribution < -0.4 is 10.1 Å². The van der Waals surface area contributed by atoms with Crippen LogP contribution in [-0.4, -0.2) is 25.2 Å². The number of amides is 1. The fraction of sp³-hybridized carbons (Fsp3) is 0.182. The first-order chi connectivity index (χ1) is 14.1. The van der Waals surface area contributed by atoms with E-state index in [9.17, 15) is 14.1 Å². The standard InChI is InChI=1S/C22H20FNO5/c1-15-17-9-5-6-10-18(17)20(13-19(15)21(25)29-23)27-12-11-24-22(26)28-14-16-7-3-2-4-8-16/h2-10,13H,11-12,14H2,1H3,(H,24,26). The van der Waals surface area contributed by atoms with Gasteiger partial charge in [-0.1, -0.05) is 54.6 Å². The fourth-order valence-corrected chi connectivity index (χ4v) is 2.95. The van der Waals surface area contributed by atoms with Crippen molar-refractivity contribution < 1.29 is 28.5 Å². The van der Waals surface area contributed by atoms with Crippen LogP contribution in [0.15, 0.2) is 60.7 Å². The van der Waals surface area contributed by atoms with Crippen molar-refractivity contribution in [3.63, 3.8) is 0 Å². The molecule has 1 N–H and O–H groups in total. The summed E-state index contributed by atoms with van der Waals surface area (Å²) in [7, 11) is 0. The summed E-state index contributed by atoms with van der Waals surface area (Å²) in [5.41, 5.74) is 1.56. The molecule has 3 rings (SSSR count). The van der Waals surface area contributed by atoms with Gasteiger partial charge in [-0.2, -0.15) is 0 Å². The van der Waals surface area contributed by atoms with Crippen LogP contribution in [0, 0.1) is 6.92 Å². The van der Waals surface area contributed by atoms with E-state index in [1.807, 2.05) is 54.6 Å². The number of carbonyl (C=O) groups is 2. The van der Waals surface area contributed by atoms with Gasteiger partial charge in [0, 0.05) is 9.91 Å². The van der Waals surface area contributed by atoms with Gasteiger partial charge < -0.3 is 14.8 Å². The van der Waals surface area contributed by atoms with Gasteiger partial charge in [0.25, 0.3) is 0 Å². The number of nitrogens with one attached hydrogen (secondary N) is 1. The zero-order valence-corrected chi connectivity index (χ0v) is 15.8. The van der Waals surface area contributed by atoms with E-state index in [1.165, 1.54) is 6.07 Å². The summed E-state index contributed by atoms with van der Waals surface area (Å²) < 4.78 is 23.3. The minimum atomic E-state index is -1.08. The average molecular weight is 397 g/mol. The molecule has 0 saturated carbocycles. The molecule has 3 aromatic carbocycles. The van der Waals surface area contributed by atoms with E-state index in [4.69, 9.17) is 9.47 Å². The Morgan fingerprint density at radius 1 is 1.00 bits per heavy atom. The van der Waals surface area contributed by atoms with Gasteiger partial charge in [0.1, 0.15) is 19.0 Å². The topological polar surface area (TPSA) is 73.9 Å². The number of carbonyl (C=O) groups excluding carboxylic acids is 2. The second-order valence-corrected chi connectivity index (χ2v) is 6.29. The Hall–Kier alpha value is -3.61. The molecule has 0 saturated heterocycles. The number of hydrogen-bond acceptors (Lipinski definition) is 5. The Kier molecular flexibility index (Phi) is 6.63. The van der Waals surface area contributed by atoms with Crippen molar-refractivity contribution in [2.45, 2.75) is 13.5 Å². The van der Waals surface area contributed by atoms with Gasteiger partial charge >= 0.3 is 12.1 Å². The summed E-state index contributed by atoms with van der Waals surface area (Å²) >= 11 is 0. The third-order valence-corrected chi connectivity index (χ3v) is 4.41. The third kappa shape index (κ3) is 5.01. The van der Waals surface area contributed by atoms with Gasteiger partial charge in [-0.05, 0) is 29.5 Å². The molecule has 0 spiro atoms. The zero-order valence-electron chi connectivity index (χ0n) is 15.8. The van der Waals surface area contributed by atoms with Crippen molar-refractivity contribution in [3.8, 4) is 5.75 Å². The lowest BCUT2D eigenvalue weighted by atomic mass is 9.99. The van der Waals surface area contributed by atoms with Crippen LogP contribution in [0.5, 0.6) is 5.75 Å². The fourth-order valence-electron chi connectivity index (χ4n) is 2.95. The highest BCUT2D eigenvalue weighted by Gasteiger charge is 2.17. The summed E-state index contributed by atoms with van der Waals surface area (Å²) in [4.78, 5) is 26.9. The second kappa shape index (κ2) is 9.54. The molecule has 7 heteroatoms. The molecule has 29 heavy (non-hydrogen) atoms. The maximum absolute atomic E-state index is 12.4. The Bertz CT molecular complexity index is 1010. The van der Waals surface area contributed by atoms with Gasteiger partial charge in [0.2, 0.25) is 0 Å². The number of aryl methyl sites for hydroxylation is 1. The van der Waals surface area contributed by atoms with E-state index in [1.54, 1.807) is 6.92 Å². The molecular weight excluding hydrogens is 377 g/mol. The molecule has 0 atom stereocenters. The zero-order chi connectivity index (χ0) is 20.6. The number of alkyl carbamates (subject to hydrolysis) is 1. The summed E-state index contributed by atoms with van der Waals surface area (Å²) in [6.07, 6.45) is -0.562. The predicted molar refractivity (Wildman–Crippen MR) is 105 cm³/mol. The van der Waals surface area contributed by atoms with Crippen molar-refractivity contribution in [1.29, 1.82) is 0 Å². The predicted octanol–water partition coefficient (Wildman–Crippen LogP) is 4.49. The van der Waals surface area contributed by atoms with Gasteiger partial charge in [-0.15, -0.1) is 0 Å².